The summed E-state index contributed by atoms with van der Waals surface area (Å²) in [5.74, 6) is 0. The summed E-state index contributed by atoms with van der Waals surface area (Å²) in [4.78, 5) is 0. The Labute approximate surface area is 111 Å². The standard InChI is InChI=1S/C14H29NO3/c1-13(2)18-10-6-14(4-8-17-9-5-14)12-15-7-11-16-3/h13,15H,4-12H2,1-3H3. The van der Waals surface area contributed by atoms with E-state index in [9.17, 15) is 0 Å². The maximum Gasteiger partial charge on any atom is 0.0587 e. The Bertz CT molecular complexity index is 203. The molecule has 0 amide bonds. The molecule has 0 aromatic heterocycles. The van der Waals surface area contributed by atoms with Crippen LogP contribution < -0.4 is 5.32 Å². The van der Waals surface area contributed by atoms with E-state index in [1.807, 2.05) is 0 Å². The second-order valence-corrected chi connectivity index (χ2v) is 5.45. The van der Waals surface area contributed by atoms with E-state index in [4.69, 9.17) is 14.2 Å². The van der Waals surface area contributed by atoms with Crippen LogP contribution in [0.3, 0.4) is 0 Å². The zero-order valence-corrected chi connectivity index (χ0v) is 12.2. The Balaban J connectivity index is 2.32. The van der Waals surface area contributed by atoms with E-state index in [1.165, 1.54) is 0 Å². The Morgan fingerprint density at radius 3 is 2.56 bits per heavy atom. The van der Waals surface area contributed by atoms with E-state index >= 15 is 0 Å². The van der Waals surface area contributed by atoms with Crippen LogP contribution in [0.5, 0.6) is 0 Å². The van der Waals surface area contributed by atoms with Gasteiger partial charge in [0.25, 0.3) is 0 Å². The molecule has 0 bridgehead atoms. The second kappa shape index (κ2) is 8.86. The lowest BCUT2D eigenvalue weighted by Gasteiger charge is -2.37. The van der Waals surface area contributed by atoms with Crippen molar-refractivity contribution in [1.82, 2.24) is 5.32 Å². The summed E-state index contributed by atoms with van der Waals surface area (Å²) < 4.78 is 16.3. The Morgan fingerprint density at radius 2 is 1.94 bits per heavy atom. The molecule has 0 atom stereocenters. The molecule has 1 heterocycles. The van der Waals surface area contributed by atoms with E-state index in [0.29, 0.717) is 11.5 Å². The van der Waals surface area contributed by atoms with Crippen LogP contribution in [-0.2, 0) is 14.2 Å². The first-order valence-electron chi connectivity index (χ1n) is 7.07. The molecule has 0 saturated carbocycles. The van der Waals surface area contributed by atoms with Gasteiger partial charge in [-0.1, -0.05) is 0 Å². The van der Waals surface area contributed by atoms with Crippen molar-refractivity contribution in [3.63, 3.8) is 0 Å². The molecule has 0 unspecified atom stereocenters. The first-order chi connectivity index (χ1) is 8.68. The molecule has 4 nitrogen and oxygen atoms in total. The molecular weight excluding hydrogens is 230 g/mol. The fraction of sp³-hybridized carbons (Fsp3) is 1.00. The predicted octanol–water partition coefficient (Wildman–Crippen LogP) is 1.83. The van der Waals surface area contributed by atoms with Gasteiger partial charge in [-0.2, -0.15) is 0 Å². The van der Waals surface area contributed by atoms with E-state index in [1.54, 1.807) is 7.11 Å². The quantitative estimate of drug-likeness (QED) is 0.641. The van der Waals surface area contributed by atoms with Crippen molar-refractivity contribution in [3.05, 3.63) is 0 Å². The van der Waals surface area contributed by atoms with Gasteiger partial charge in [0.15, 0.2) is 0 Å². The minimum absolute atomic E-state index is 0.323. The van der Waals surface area contributed by atoms with Crippen molar-refractivity contribution < 1.29 is 14.2 Å². The van der Waals surface area contributed by atoms with Gasteiger partial charge in [0.05, 0.1) is 12.7 Å². The molecule has 108 valence electrons. The van der Waals surface area contributed by atoms with Crippen molar-refractivity contribution in [2.24, 2.45) is 5.41 Å². The highest BCUT2D eigenvalue weighted by Gasteiger charge is 2.31. The van der Waals surface area contributed by atoms with E-state index < -0.39 is 0 Å². The molecule has 18 heavy (non-hydrogen) atoms. The second-order valence-electron chi connectivity index (χ2n) is 5.45. The normalized spacial score (nSPS) is 19.3. The third-order valence-corrected chi connectivity index (χ3v) is 3.62. The smallest absolute Gasteiger partial charge is 0.0587 e. The van der Waals surface area contributed by atoms with Gasteiger partial charge in [0, 0.05) is 40.0 Å². The molecule has 4 heteroatoms. The van der Waals surface area contributed by atoms with Crippen molar-refractivity contribution >= 4 is 0 Å². The molecule has 0 aliphatic carbocycles. The average molecular weight is 259 g/mol. The Hall–Kier alpha value is -0.160. The number of hydrogen-bond acceptors (Lipinski definition) is 4. The highest BCUT2D eigenvalue weighted by Crippen LogP contribution is 2.33. The van der Waals surface area contributed by atoms with Gasteiger partial charge in [-0.25, -0.2) is 0 Å². The molecule has 1 aliphatic rings. The lowest BCUT2D eigenvalue weighted by atomic mass is 9.77. The zero-order valence-electron chi connectivity index (χ0n) is 12.2. The van der Waals surface area contributed by atoms with Crippen LogP contribution in [0.4, 0.5) is 0 Å². The van der Waals surface area contributed by atoms with Gasteiger partial charge in [-0.05, 0) is 38.5 Å². The lowest BCUT2D eigenvalue weighted by Crippen LogP contribution is -2.41. The average Bonchev–Trinajstić information content (AvgIpc) is 2.36. The van der Waals surface area contributed by atoms with Crippen LogP contribution in [0, 0.1) is 5.41 Å². The fourth-order valence-electron chi connectivity index (χ4n) is 2.36. The topological polar surface area (TPSA) is 39.7 Å². The predicted molar refractivity (Wildman–Crippen MR) is 72.9 cm³/mol. The summed E-state index contributed by atoms with van der Waals surface area (Å²) in [5, 5.41) is 3.50. The molecule has 0 aromatic carbocycles. The number of rotatable bonds is 9. The van der Waals surface area contributed by atoms with Gasteiger partial charge >= 0.3 is 0 Å². The van der Waals surface area contributed by atoms with Gasteiger partial charge in [-0.3, -0.25) is 0 Å². The molecule has 1 N–H and O–H groups in total. The van der Waals surface area contributed by atoms with Crippen LogP contribution in [0.25, 0.3) is 0 Å². The lowest BCUT2D eigenvalue weighted by molar-refractivity contribution is -0.0149. The summed E-state index contributed by atoms with van der Waals surface area (Å²) in [6.45, 7) is 9.53. The SMILES string of the molecule is COCCNCC1(CCOC(C)C)CCOCC1. The maximum absolute atomic E-state index is 5.70. The first-order valence-corrected chi connectivity index (χ1v) is 7.07. The fourth-order valence-corrected chi connectivity index (χ4v) is 2.36. The zero-order chi connectivity index (χ0) is 13.3. The van der Waals surface area contributed by atoms with Gasteiger partial charge in [0.1, 0.15) is 0 Å². The Kier molecular flexibility index (Phi) is 7.82. The van der Waals surface area contributed by atoms with Crippen LogP contribution in [0.15, 0.2) is 0 Å². The highest BCUT2D eigenvalue weighted by atomic mass is 16.5. The summed E-state index contributed by atoms with van der Waals surface area (Å²) in [6, 6.07) is 0. The third kappa shape index (κ3) is 6.14. The molecule has 0 radical (unpaired) electrons. The summed E-state index contributed by atoms with van der Waals surface area (Å²) in [5.41, 5.74) is 0.348. The minimum Gasteiger partial charge on any atom is -0.383 e. The molecule has 1 saturated heterocycles. The van der Waals surface area contributed by atoms with Crippen molar-refractivity contribution in [2.45, 2.75) is 39.2 Å². The summed E-state index contributed by atoms with van der Waals surface area (Å²) in [6.07, 6.45) is 3.71. The van der Waals surface area contributed by atoms with E-state index in [0.717, 1.165) is 58.8 Å². The van der Waals surface area contributed by atoms with E-state index in [-0.39, 0.29) is 0 Å². The van der Waals surface area contributed by atoms with Crippen LogP contribution in [-0.4, -0.2) is 52.7 Å². The number of nitrogens with one attached hydrogen (secondary N) is 1. The van der Waals surface area contributed by atoms with Crippen molar-refractivity contribution in [2.75, 3.05) is 46.6 Å². The monoisotopic (exact) mass is 259 g/mol. The molecule has 0 aromatic rings. The van der Waals surface area contributed by atoms with Crippen molar-refractivity contribution in [3.8, 4) is 0 Å². The molecule has 0 spiro atoms. The maximum atomic E-state index is 5.70. The highest BCUT2D eigenvalue weighted by molar-refractivity contribution is 4.84. The molecule has 1 aliphatic heterocycles. The number of ether oxygens (including phenoxy) is 3. The van der Waals surface area contributed by atoms with Gasteiger partial charge in [0.2, 0.25) is 0 Å². The number of methoxy groups -OCH3 is 1. The molecule has 1 rings (SSSR count). The summed E-state index contributed by atoms with van der Waals surface area (Å²) >= 11 is 0. The van der Waals surface area contributed by atoms with Crippen LogP contribution >= 0.6 is 0 Å². The van der Waals surface area contributed by atoms with Crippen molar-refractivity contribution in [1.29, 1.82) is 0 Å². The largest absolute Gasteiger partial charge is 0.383 e. The molecular formula is C14H29NO3. The first kappa shape index (κ1) is 15.9. The van der Waals surface area contributed by atoms with Crippen LogP contribution in [0.1, 0.15) is 33.1 Å². The Morgan fingerprint density at radius 1 is 1.22 bits per heavy atom. The molecule has 1 fully saturated rings. The van der Waals surface area contributed by atoms with Crippen LogP contribution in [0.2, 0.25) is 0 Å². The van der Waals surface area contributed by atoms with Gasteiger partial charge < -0.3 is 19.5 Å². The minimum atomic E-state index is 0.323. The number of hydrogen-bond donors (Lipinski definition) is 1. The third-order valence-electron chi connectivity index (χ3n) is 3.62. The van der Waals surface area contributed by atoms with Gasteiger partial charge in [-0.15, -0.1) is 0 Å². The summed E-state index contributed by atoms with van der Waals surface area (Å²) in [7, 11) is 1.74. The van der Waals surface area contributed by atoms with E-state index in [2.05, 4.69) is 19.2 Å².